The zero-order valence-corrected chi connectivity index (χ0v) is 9.69. The average Bonchev–Trinajstić information content (AvgIpc) is 2.49. The van der Waals surface area contributed by atoms with Gasteiger partial charge in [-0.1, -0.05) is 30.3 Å². The number of carbonyl (C=O) groups is 2. The van der Waals surface area contributed by atoms with Crippen molar-refractivity contribution in [1.29, 1.82) is 0 Å². The fourth-order valence-electron chi connectivity index (χ4n) is 1.73. The number of Topliss-reactive ketones (excluding diaryl/α,β-unsaturated/α-hetero) is 2. The first-order chi connectivity index (χ1) is 7.93. The molecule has 0 spiro atoms. The SMILES string of the molecule is CC1(C)OC(N)=C(C(=O)c2ccccc2)C1=O. The molecule has 0 amide bonds. The molecule has 1 heterocycles. The minimum atomic E-state index is -1.05. The zero-order valence-electron chi connectivity index (χ0n) is 9.69. The van der Waals surface area contributed by atoms with Gasteiger partial charge in [-0.15, -0.1) is 0 Å². The van der Waals surface area contributed by atoms with Crippen LogP contribution in [0.3, 0.4) is 0 Å². The molecule has 0 aromatic heterocycles. The third-order valence-corrected chi connectivity index (χ3v) is 2.65. The van der Waals surface area contributed by atoms with Crippen LogP contribution >= 0.6 is 0 Å². The summed E-state index contributed by atoms with van der Waals surface area (Å²) in [6.45, 7) is 3.18. The fraction of sp³-hybridized carbons (Fsp3) is 0.231. The van der Waals surface area contributed by atoms with Crippen molar-refractivity contribution >= 4 is 11.6 Å². The molecule has 0 saturated heterocycles. The highest BCUT2D eigenvalue weighted by Crippen LogP contribution is 2.29. The predicted octanol–water partition coefficient (Wildman–Crippen LogP) is 1.42. The van der Waals surface area contributed by atoms with Crippen LogP contribution in [0.5, 0.6) is 0 Å². The number of hydrogen-bond donors (Lipinski definition) is 1. The highest BCUT2D eigenvalue weighted by atomic mass is 16.5. The summed E-state index contributed by atoms with van der Waals surface area (Å²) in [5.74, 6) is -0.851. The Bertz CT molecular complexity index is 515. The van der Waals surface area contributed by atoms with Crippen LogP contribution in [0.15, 0.2) is 41.8 Å². The van der Waals surface area contributed by atoms with Gasteiger partial charge in [0.05, 0.1) is 0 Å². The van der Waals surface area contributed by atoms with Crippen LogP contribution in [0.1, 0.15) is 24.2 Å². The summed E-state index contributed by atoms with van der Waals surface area (Å²) in [5.41, 5.74) is 4.92. The van der Waals surface area contributed by atoms with Crippen LogP contribution in [0.4, 0.5) is 0 Å². The van der Waals surface area contributed by atoms with E-state index in [2.05, 4.69) is 0 Å². The second-order valence-electron chi connectivity index (χ2n) is 4.38. The van der Waals surface area contributed by atoms with Gasteiger partial charge >= 0.3 is 0 Å². The molecule has 1 aromatic rings. The molecule has 4 heteroatoms. The Kier molecular flexibility index (Phi) is 2.50. The minimum Gasteiger partial charge on any atom is -0.464 e. The largest absolute Gasteiger partial charge is 0.464 e. The molecule has 1 aliphatic rings. The molecule has 0 saturated carbocycles. The quantitative estimate of drug-likeness (QED) is 0.617. The maximum Gasteiger partial charge on any atom is 0.215 e. The molecular weight excluding hydrogens is 218 g/mol. The van der Waals surface area contributed by atoms with E-state index in [9.17, 15) is 9.59 Å². The van der Waals surface area contributed by atoms with Gasteiger partial charge in [0.25, 0.3) is 0 Å². The van der Waals surface area contributed by atoms with Crippen LogP contribution in [-0.2, 0) is 9.53 Å². The average molecular weight is 231 g/mol. The van der Waals surface area contributed by atoms with E-state index in [-0.39, 0.29) is 17.2 Å². The fourth-order valence-corrected chi connectivity index (χ4v) is 1.73. The number of carbonyl (C=O) groups excluding carboxylic acids is 2. The summed E-state index contributed by atoms with van der Waals surface area (Å²) in [7, 11) is 0. The van der Waals surface area contributed by atoms with E-state index in [0.717, 1.165) is 0 Å². The van der Waals surface area contributed by atoms with Gasteiger partial charge in [0.15, 0.2) is 11.5 Å². The van der Waals surface area contributed by atoms with E-state index in [1.54, 1.807) is 44.2 Å². The summed E-state index contributed by atoms with van der Waals surface area (Å²) in [5, 5.41) is 0. The van der Waals surface area contributed by atoms with Crippen molar-refractivity contribution in [3.63, 3.8) is 0 Å². The Morgan fingerprint density at radius 1 is 1.24 bits per heavy atom. The Hall–Kier alpha value is -2.10. The monoisotopic (exact) mass is 231 g/mol. The van der Waals surface area contributed by atoms with Crippen LogP contribution in [0, 0.1) is 0 Å². The lowest BCUT2D eigenvalue weighted by molar-refractivity contribution is -0.127. The van der Waals surface area contributed by atoms with Crippen molar-refractivity contribution in [3.8, 4) is 0 Å². The number of ether oxygens (including phenoxy) is 1. The van der Waals surface area contributed by atoms with Crippen molar-refractivity contribution in [3.05, 3.63) is 47.4 Å². The number of rotatable bonds is 2. The second-order valence-corrected chi connectivity index (χ2v) is 4.38. The Balaban J connectivity index is 2.40. The van der Waals surface area contributed by atoms with Crippen LogP contribution in [0.2, 0.25) is 0 Å². The van der Waals surface area contributed by atoms with E-state index in [1.807, 2.05) is 0 Å². The second kappa shape index (κ2) is 3.73. The van der Waals surface area contributed by atoms with Crippen molar-refractivity contribution < 1.29 is 14.3 Å². The molecule has 0 radical (unpaired) electrons. The van der Waals surface area contributed by atoms with Gasteiger partial charge in [-0.2, -0.15) is 0 Å². The Morgan fingerprint density at radius 2 is 1.82 bits per heavy atom. The molecule has 0 atom stereocenters. The zero-order chi connectivity index (χ0) is 12.6. The minimum absolute atomic E-state index is 0.0544. The van der Waals surface area contributed by atoms with Gasteiger partial charge in [-0.25, -0.2) is 0 Å². The molecule has 2 N–H and O–H groups in total. The van der Waals surface area contributed by atoms with Crippen molar-refractivity contribution in [2.24, 2.45) is 5.73 Å². The van der Waals surface area contributed by atoms with Gasteiger partial charge in [0, 0.05) is 5.56 Å². The van der Waals surface area contributed by atoms with Gasteiger partial charge in [0.1, 0.15) is 5.57 Å². The summed E-state index contributed by atoms with van der Waals surface area (Å²) in [6, 6.07) is 8.54. The van der Waals surface area contributed by atoms with E-state index in [1.165, 1.54) is 0 Å². The third kappa shape index (κ3) is 1.82. The molecule has 4 nitrogen and oxygen atoms in total. The van der Waals surface area contributed by atoms with Gasteiger partial charge in [0.2, 0.25) is 11.6 Å². The van der Waals surface area contributed by atoms with Gasteiger partial charge < -0.3 is 10.5 Å². The first kappa shape index (κ1) is 11.4. The molecule has 17 heavy (non-hydrogen) atoms. The summed E-state index contributed by atoms with van der Waals surface area (Å²) < 4.78 is 5.20. The van der Waals surface area contributed by atoms with Crippen LogP contribution in [-0.4, -0.2) is 17.2 Å². The maximum absolute atomic E-state index is 12.1. The number of benzene rings is 1. The van der Waals surface area contributed by atoms with Crippen LogP contribution < -0.4 is 5.73 Å². The maximum atomic E-state index is 12.1. The Morgan fingerprint density at radius 3 is 2.29 bits per heavy atom. The summed E-state index contributed by atoms with van der Waals surface area (Å²) in [6.07, 6.45) is 0. The molecule has 88 valence electrons. The van der Waals surface area contributed by atoms with E-state index >= 15 is 0 Å². The first-order valence-electron chi connectivity index (χ1n) is 5.27. The summed E-state index contributed by atoms with van der Waals surface area (Å²) >= 11 is 0. The molecule has 2 rings (SSSR count). The van der Waals surface area contributed by atoms with E-state index < -0.39 is 11.4 Å². The van der Waals surface area contributed by atoms with Crippen molar-refractivity contribution in [1.82, 2.24) is 0 Å². The molecule has 0 aliphatic carbocycles. The normalized spacial score (nSPS) is 18.1. The standard InChI is InChI=1S/C13H13NO3/c1-13(2)11(16)9(12(14)17-13)10(15)8-6-4-3-5-7-8/h3-7H,14H2,1-2H3. The molecule has 0 bridgehead atoms. The summed E-state index contributed by atoms with van der Waals surface area (Å²) in [4.78, 5) is 24.1. The highest BCUT2D eigenvalue weighted by Gasteiger charge is 2.44. The first-order valence-corrected chi connectivity index (χ1v) is 5.27. The van der Waals surface area contributed by atoms with E-state index in [0.29, 0.717) is 5.56 Å². The van der Waals surface area contributed by atoms with Crippen molar-refractivity contribution in [2.75, 3.05) is 0 Å². The Labute approximate surface area is 99.1 Å². The molecule has 1 aliphatic heterocycles. The van der Waals surface area contributed by atoms with Gasteiger partial charge in [-0.3, -0.25) is 9.59 Å². The molecule has 0 fully saturated rings. The highest BCUT2D eigenvalue weighted by molar-refractivity contribution is 6.29. The molecule has 0 unspecified atom stereocenters. The number of ketones is 2. The number of nitrogens with two attached hydrogens (primary N) is 1. The van der Waals surface area contributed by atoms with Gasteiger partial charge in [-0.05, 0) is 13.8 Å². The lowest BCUT2D eigenvalue weighted by atomic mass is 9.94. The topological polar surface area (TPSA) is 69.4 Å². The predicted molar refractivity (Wildman–Crippen MR) is 62.2 cm³/mol. The molecular formula is C13H13NO3. The number of hydrogen-bond acceptors (Lipinski definition) is 4. The molecule has 1 aromatic carbocycles. The lowest BCUT2D eigenvalue weighted by Crippen LogP contribution is -2.31. The smallest absolute Gasteiger partial charge is 0.215 e. The van der Waals surface area contributed by atoms with Crippen LogP contribution in [0.25, 0.3) is 0 Å². The lowest BCUT2D eigenvalue weighted by Gasteiger charge is -2.15. The third-order valence-electron chi connectivity index (χ3n) is 2.65. The van der Waals surface area contributed by atoms with Crippen molar-refractivity contribution in [2.45, 2.75) is 19.4 Å². The van der Waals surface area contributed by atoms with E-state index in [4.69, 9.17) is 10.5 Å².